The van der Waals surface area contributed by atoms with Crippen LogP contribution in [0.3, 0.4) is 0 Å². The van der Waals surface area contributed by atoms with E-state index in [4.69, 9.17) is 0 Å². The van der Waals surface area contributed by atoms with Gasteiger partial charge in [0.05, 0.1) is 17.2 Å². The first-order chi connectivity index (χ1) is 25.6. The Bertz CT molecular complexity index is 2220. The Balaban J connectivity index is 1.08. The van der Waals surface area contributed by atoms with Gasteiger partial charge in [-0.2, -0.15) is 0 Å². The fourth-order valence-electron chi connectivity index (χ4n) is 6.73. The van der Waals surface area contributed by atoms with Crippen LogP contribution in [-0.4, -0.2) is 63.0 Å². The minimum atomic E-state index is -1.05. The first kappa shape index (κ1) is 36.4. The normalized spacial score (nSPS) is 15.7. The van der Waals surface area contributed by atoms with Crippen LogP contribution in [0.15, 0.2) is 66.9 Å². The summed E-state index contributed by atoms with van der Waals surface area (Å²) in [5, 5.41) is 20.2. The molecule has 3 aromatic carbocycles. The minimum absolute atomic E-state index is 0.0307. The van der Waals surface area contributed by atoms with Crippen molar-refractivity contribution in [2.75, 3.05) is 6.54 Å². The van der Waals surface area contributed by atoms with Crippen molar-refractivity contribution in [3.05, 3.63) is 106 Å². The second-order valence-electron chi connectivity index (χ2n) is 13.1. The molecule has 0 bridgehead atoms. The number of benzene rings is 3. The molecule has 12 nitrogen and oxygen atoms in total. The number of aromatic hydroxyl groups is 1. The molecule has 1 saturated heterocycles. The molecule has 1 fully saturated rings. The molecule has 6 rings (SSSR count). The molecule has 270 valence electrons. The summed E-state index contributed by atoms with van der Waals surface area (Å²) >= 11 is 0. The Hall–Kier alpha value is -6.35. The van der Waals surface area contributed by atoms with Gasteiger partial charge in [0.25, 0.3) is 17.7 Å². The SMILES string of the molecule is CCCC(=O)NC(c1cccc(C(=O)NCCCCC#Cc2cccc3c2C(=O)N(C2CCC(=O)NC2=O)C3=O)c1)c1cc(C)c2cccnc2c1O. The van der Waals surface area contributed by atoms with Crippen molar-refractivity contribution in [3.8, 4) is 17.6 Å². The first-order valence-corrected chi connectivity index (χ1v) is 17.7. The van der Waals surface area contributed by atoms with Gasteiger partial charge in [-0.15, -0.1) is 0 Å². The van der Waals surface area contributed by atoms with E-state index in [-0.39, 0.29) is 41.5 Å². The summed E-state index contributed by atoms with van der Waals surface area (Å²) in [6, 6.07) is 15.5. The van der Waals surface area contributed by atoms with E-state index in [1.54, 1.807) is 42.6 Å². The number of amides is 6. The van der Waals surface area contributed by atoms with E-state index in [9.17, 15) is 33.9 Å². The molecular formula is C41H39N5O7. The third kappa shape index (κ3) is 7.65. The van der Waals surface area contributed by atoms with Crippen molar-refractivity contribution in [3.63, 3.8) is 0 Å². The summed E-state index contributed by atoms with van der Waals surface area (Å²) in [6.07, 6.45) is 4.42. The van der Waals surface area contributed by atoms with Gasteiger partial charge in [-0.25, -0.2) is 0 Å². The topological polar surface area (TPSA) is 175 Å². The largest absolute Gasteiger partial charge is 0.505 e. The van der Waals surface area contributed by atoms with Crippen molar-refractivity contribution in [2.45, 2.75) is 70.9 Å². The quantitative estimate of drug-likeness (QED) is 0.0991. The average Bonchev–Trinajstić information content (AvgIpc) is 3.41. The van der Waals surface area contributed by atoms with Gasteiger partial charge >= 0.3 is 0 Å². The van der Waals surface area contributed by atoms with Gasteiger partial charge in [-0.05, 0) is 80.1 Å². The van der Waals surface area contributed by atoms with E-state index in [0.29, 0.717) is 66.4 Å². The molecule has 6 amide bonds. The highest BCUT2D eigenvalue weighted by Gasteiger charge is 2.45. The zero-order chi connectivity index (χ0) is 37.6. The van der Waals surface area contributed by atoms with E-state index < -0.39 is 35.7 Å². The fourth-order valence-corrected chi connectivity index (χ4v) is 6.73. The number of nitrogens with one attached hydrogen (secondary N) is 3. The molecule has 2 atom stereocenters. The number of hydrogen-bond donors (Lipinski definition) is 4. The van der Waals surface area contributed by atoms with E-state index in [2.05, 4.69) is 32.8 Å². The smallest absolute Gasteiger partial charge is 0.263 e. The summed E-state index contributed by atoms with van der Waals surface area (Å²) in [5.74, 6) is 3.24. The zero-order valence-electron chi connectivity index (χ0n) is 29.5. The number of pyridine rings is 1. The van der Waals surface area contributed by atoms with Crippen molar-refractivity contribution >= 4 is 46.3 Å². The Labute approximate surface area is 306 Å². The maximum Gasteiger partial charge on any atom is 0.263 e. The number of carbonyl (C=O) groups excluding carboxylic acids is 6. The molecular weight excluding hydrogens is 674 g/mol. The van der Waals surface area contributed by atoms with Crippen molar-refractivity contribution < 1.29 is 33.9 Å². The lowest BCUT2D eigenvalue weighted by Gasteiger charge is -2.27. The van der Waals surface area contributed by atoms with Crippen molar-refractivity contribution in [2.24, 2.45) is 0 Å². The van der Waals surface area contributed by atoms with Gasteiger partial charge in [0, 0.05) is 54.1 Å². The lowest BCUT2D eigenvalue weighted by atomic mass is 9.93. The molecule has 3 heterocycles. The van der Waals surface area contributed by atoms with Gasteiger partial charge in [0.2, 0.25) is 17.7 Å². The summed E-state index contributed by atoms with van der Waals surface area (Å²) in [5.41, 5.74) is 3.56. The Morgan fingerprint density at radius 1 is 1.04 bits per heavy atom. The van der Waals surface area contributed by atoms with E-state index in [0.717, 1.165) is 15.8 Å². The van der Waals surface area contributed by atoms with E-state index in [1.165, 1.54) is 6.07 Å². The lowest BCUT2D eigenvalue weighted by molar-refractivity contribution is -0.136. The van der Waals surface area contributed by atoms with Crippen LogP contribution in [0.2, 0.25) is 0 Å². The van der Waals surface area contributed by atoms with Crippen molar-refractivity contribution in [1.29, 1.82) is 0 Å². The van der Waals surface area contributed by atoms with Crippen LogP contribution in [0.5, 0.6) is 5.75 Å². The number of imide groups is 2. The maximum atomic E-state index is 13.3. The molecule has 0 spiro atoms. The van der Waals surface area contributed by atoms with Crippen LogP contribution in [0, 0.1) is 18.8 Å². The highest BCUT2D eigenvalue weighted by Crippen LogP contribution is 2.37. The summed E-state index contributed by atoms with van der Waals surface area (Å²) in [6.45, 7) is 4.21. The van der Waals surface area contributed by atoms with Crippen LogP contribution in [0.4, 0.5) is 0 Å². The molecule has 2 aliphatic heterocycles. The van der Waals surface area contributed by atoms with E-state index >= 15 is 0 Å². The van der Waals surface area contributed by atoms with E-state index in [1.807, 2.05) is 32.0 Å². The number of aryl methyl sites for hydroxylation is 1. The Morgan fingerprint density at radius 3 is 2.64 bits per heavy atom. The summed E-state index contributed by atoms with van der Waals surface area (Å²) in [4.78, 5) is 81.7. The number of carbonyl (C=O) groups is 6. The van der Waals surface area contributed by atoms with Crippen LogP contribution in [-0.2, 0) is 14.4 Å². The third-order valence-electron chi connectivity index (χ3n) is 9.38. The number of unbranched alkanes of at least 4 members (excludes halogenated alkanes) is 2. The predicted octanol–water partition coefficient (Wildman–Crippen LogP) is 4.61. The predicted molar refractivity (Wildman–Crippen MR) is 196 cm³/mol. The number of rotatable bonds is 11. The van der Waals surface area contributed by atoms with Gasteiger partial charge in [0.1, 0.15) is 17.3 Å². The second kappa shape index (κ2) is 15.9. The molecule has 12 heteroatoms. The molecule has 1 aromatic heterocycles. The standard InChI is InChI=1S/C41H39N5O7/c1-3-11-32(47)44-35(30-22-24(2)28-17-10-21-42-36(28)37(30)49)26-14-8-15-27(23-26)38(50)43-20-7-5-4-6-12-25-13-9-16-29-34(25)41(53)46(40(29)52)31-18-19-33(48)45-39(31)51/h8-10,13-17,21-23,31,35,49H,3-5,7,11,18-20H2,1-2H3,(H,43,50)(H,44,47)(H,45,48,51). The summed E-state index contributed by atoms with van der Waals surface area (Å²) < 4.78 is 0. The number of piperidine rings is 1. The van der Waals surface area contributed by atoms with Gasteiger partial charge < -0.3 is 15.7 Å². The van der Waals surface area contributed by atoms with Crippen molar-refractivity contribution in [1.82, 2.24) is 25.8 Å². The lowest BCUT2D eigenvalue weighted by Crippen LogP contribution is -2.54. The van der Waals surface area contributed by atoms with Gasteiger partial charge in [-0.3, -0.25) is 44.0 Å². The number of phenols is 1. The van der Waals surface area contributed by atoms with Crippen LogP contribution < -0.4 is 16.0 Å². The monoisotopic (exact) mass is 713 g/mol. The Morgan fingerprint density at radius 2 is 1.85 bits per heavy atom. The molecule has 2 aliphatic rings. The number of phenolic OH excluding ortho intramolecular Hbond substituents is 1. The maximum absolute atomic E-state index is 13.3. The third-order valence-corrected chi connectivity index (χ3v) is 9.38. The average molecular weight is 714 g/mol. The zero-order valence-corrected chi connectivity index (χ0v) is 29.5. The number of aromatic nitrogens is 1. The molecule has 53 heavy (non-hydrogen) atoms. The van der Waals surface area contributed by atoms with Gasteiger partial charge in [0.15, 0.2) is 0 Å². The molecule has 0 aliphatic carbocycles. The highest BCUT2D eigenvalue weighted by atomic mass is 16.3. The molecule has 4 aromatic rings. The van der Waals surface area contributed by atoms with Gasteiger partial charge in [-0.1, -0.05) is 43.0 Å². The fraction of sp³-hybridized carbons (Fsp3) is 0.293. The minimum Gasteiger partial charge on any atom is -0.505 e. The van der Waals surface area contributed by atoms with Crippen LogP contribution in [0.25, 0.3) is 10.9 Å². The summed E-state index contributed by atoms with van der Waals surface area (Å²) in [7, 11) is 0. The second-order valence-corrected chi connectivity index (χ2v) is 13.1. The number of fused-ring (bicyclic) bond motifs is 2. The Kier molecular flexibility index (Phi) is 10.9. The first-order valence-electron chi connectivity index (χ1n) is 17.7. The molecule has 2 unspecified atom stereocenters. The molecule has 4 N–H and O–H groups in total. The highest BCUT2D eigenvalue weighted by molar-refractivity contribution is 6.24. The number of hydrogen-bond acceptors (Lipinski definition) is 8. The molecule has 0 radical (unpaired) electrons. The number of nitrogens with zero attached hydrogens (tertiary/aromatic N) is 2. The van der Waals surface area contributed by atoms with Crippen LogP contribution >= 0.6 is 0 Å². The molecule has 0 saturated carbocycles. The van der Waals surface area contributed by atoms with Crippen LogP contribution in [0.1, 0.15) is 111 Å².